The highest BCUT2D eigenvalue weighted by Gasteiger charge is 2.11. The first-order valence-electron chi connectivity index (χ1n) is 8.34. The molecular formula is C19H14N8O. The molecule has 0 atom stereocenters. The molecule has 0 aliphatic rings. The number of nitriles is 1. The van der Waals surface area contributed by atoms with Gasteiger partial charge in [-0.05, 0) is 42.5 Å². The summed E-state index contributed by atoms with van der Waals surface area (Å²) in [7, 11) is 0. The van der Waals surface area contributed by atoms with Crippen LogP contribution in [0.5, 0.6) is 0 Å². The van der Waals surface area contributed by atoms with Gasteiger partial charge in [0.05, 0.1) is 0 Å². The minimum absolute atomic E-state index is 0.214. The van der Waals surface area contributed by atoms with Gasteiger partial charge in [0.2, 0.25) is 17.6 Å². The Hall–Kier alpha value is -4.32. The number of tetrazole rings is 1. The highest BCUT2D eigenvalue weighted by molar-refractivity contribution is 5.74. The van der Waals surface area contributed by atoms with Crippen molar-refractivity contribution >= 4 is 11.3 Å². The van der Waals surface area contributed by atoms with Gasteiger partial charge in [-0.25, -0.2) is 0 Å². The van der Waals surface area contributed by atoms with Gasteiger partial charge in [0.15, 0.2) is 0 Å². The number of rotatable bonds is 5. The average molecular weight is 370 g/mol. The average Bonchev–Trinajstić information content (AvgIpc) is 3.42. The summed E-state index contributed by atoms with van der Waals surface area (Å²) in [5, 5.41) is 33.9. The van der Waals surface area contributed by atoms with E-state index in [1.54, 1.807) is 0 Å². The van der Waals surface area contributed by atoms with Crippen LogP contribution in [0, 0.1) is 18.3 Å². The number of aromatic nitrogens is 6. The molecule has 0 amide bonds. The maximum atomic E-state index is 9.22. The Morgan fingerprint density at radius 1 is 1.07 bits per heavy atom. The molecular weight excluding hydrogens is 356 g/mol. The van der Waals surface area contributed by atoms with E-state index in [-0.39, 0.29) is 11.4 Å². The molecule has 2 aromatic heterocycles. The van der Waals surface area contributed by atoms with Crippen molar-refractivity contribution < 1.29 is 4.42 Å². The quantitative estimate of drug-likeness (QED) is 0.512. The molecule has 0 unspecified atom stereocenters. The van der Waals surface area contributed by atoms with Crippen LogP contribution >= 0.6 is 0 Å². The van der Waals surface area contributed by atoms with Gasteiger partial charge in [0.1, 0.15) is 11.6 Å². The summed E-state index contributed by atoms with van der Waals surface area (Å²) in [6, 6.07) is 17.3. The molecule has 2 aromatic carbocycles. The Morgan fingerprint density at radius 3 is 2.57 bits per heavy atom. The molecule has 0 aliphatic carbocycles. The first-order valence-corrected chi connectivity index (χ1v) is 8.34. The van der Waals surface area contributed by atoms with Crippen LogP contribution in [0.1, 0.15) is 11.4 Å². The minimum atomic E-state index is 0.214. The van der Waals surface area contributed by atoms with E-state index in [1.807, 2.05) is 61.5 Å². The molecule has 9 nitrogen and oxygen atoms in total. The SMILES string of the molecule is Cc1ccc(-c2nnc(-c3cccc(NC=C(C#N)c4nn[nH]n4)c3)o2)cc1. The number of anilines is 1. The first kappa shape index (κ1) is 17.1. The molecule has 0 fully saturated rings. The Balaban J connectivity index is 1.56. The maximum Gasteiger partial charge on any atom is 0.248 e. The Labute approximate surface area is 159 Å². The van der Waals surface area contributed by atoms with E-state index in [0.717, 1.165) is 22.4 Å². The lowest BCUT2D eigenvalue weighted by Gasteiger charge is -2.03. The standard InChI is InChI=1S/C19H14N8O/c1-12-5-7-13(8-6-12)18-24-25-19(28-18)14-3-2-4-16(9-14)21-11-15(10-20)17-22-26-27-23-17/h2-9,11,21H,1H3,(H,22,23,26,27). The van der Waals surface area contributed by atoms with Crippen molar-refractivity contribution in [3.05, 3.63) is 66.1 Å². The second kappa shape index (κ2) is 7.51. The third kappa shape index (κ3) is 3.61. The third-order valence-corrected chi connectivity index (χ3v) is 3.92. The molecule has 4 rings (SSSR count). The number of nitrogens with one attached hydrogen (secondary N) is 2. The Morgan fingerprint density at radius 2 is 1.86 bits per heavy atom. The van der Waals surface area contributed by atoms with Gasteiger partial charge >= 0.3 is 0 Å². The summed E-state index contributed by atoms with van der Waals surface area (Å²) in [4.78, 5) is 0. The van der Waals surface area contributed by atoms with Crippen LogP contribution in [-0.2, 0) is 0 Å². The predicted molar refractivity (Wildman–Crippen MR) is 101 cm³/mol. The highest BCUT2D eigenvalue weighted by atomic mass is 16.4. The summed E-state index contributed by atoms with van der Waals surface area (Å²) in [5.41, 5.74) is 3.76. The van der Waals surface area contributed by atoms with E-state index in [9.17, 15) is 5.26 Å². The van der Waals surface area contributed by atoms with Crippen LogP contribution in [-0.4, -0.2) is 30.8 Å². The maximum absolute atomic E-state index is 9.22. The second-order valence-corrected chi connectivity index (χ2v) is 5.91. The zero-order chi connectivity index (χ0) is 19.3. The number of benzene rings is 2. The zero-order valence-corrected chi connectivity index (χ0v) is 14.8. The lowest BCUT2D eigenvalue weighted by Crippen LogP contribution is -1.93. The summed E-state index contributed by atoms with van der Waals surface area (Å²) >= 11 is 0. The lowest BCUT2D eigenvalue weighted by molar-refractivity contribution is 0.584. The minimum Gasteiger partial charge on any atom is -0.416 e. The van der Waals surface area contributed by atoms with E-state index in [2.05, 4.69) is 36.1 Å². The molecule has 0 saturated carbocycles. The molecule has 2 heterocycles. The van der Waals surface area contributed by atoms with Crippen molar-refractivity contribution in [2.75, 3.05) is 5.32 Å². The van der Waals surface area contributed by atoms with Gasteiger partial charge in [-0.3, -0.25) is 0 Å². The van der Waals surface area contributed by atoms with E-state index in [0.29, 0.717) is 11.8 Å². The van der Waals surface area contributed by atoms with Crippen LogP contribution < -0.4 is 5.32 Å². The van der Waals surface area contributed by atoms with Crippen molar-refractivity contribution in [1.29, 1.82) is 5.26 Å². The van der Waals surface area contributed by atoms with Crippen molar-refractivity contribution in [3.63, 3.8) is 0 Å². The van der Waals surface area contributed by atoms with Crippen molar-refractivity contribution in [3.8, 4) is 29.0 Å². The normalized spacial score (nSPS) is 11.2. The highest BCUT2D eigenvalue weighted by Crippen LogP contribution is 2.26. The smallest absolute Gasteiger partial charge is 0.248 e. The molecule has 4 aromatic rings. The number of aryl methyl sites for hydroxylation is 1. The number of aromatic amines is 1. The fourth-order valence-electron chi connectivity index (χ4n) is 2.47. The number of allylic oxidation sites excluding steroid dienone is 1. The number of hydrogen-bond acceptors (Lipinski definition) is 8. The fraction of sp³-hybridized carbons (Fsp3) is 0.0526. The molecule has 136 valence electrons. The van der Waals surface area contributed by atoms with Crippen LogP contribution in [0.3, 0.4) is 0 Å². The summed E-state index contributed by atoms with van der Waals surface area (Å²) in [5.74, 6) is 1.07. The molecule has 9 heteroatoms. The number of hydrogen-bond donors (Lipinski definition) is 2. The zero-order valence-electron chi connectivity index (χ0n) is 14.8. The Kier molecular flexibility index (Phi) is 4.59. The van der Waals surface area contributed by atoms with Gasteiger partial charge in [-0.2, -0.15) is 10.5 Å². The number of nitrogens with zero attached hydrogens (tertiary/aromatic N) is 6. The topological polar surface area (TPSA) is 129 Å². The van der Waals surface area contributed by atoms with Gasteiger partial charge < -0.3 is 9.73 Å². The van der Waals surface area contributed by atoms with E-state index in [4.69, 9.17) is 4.42 Å². The summed E-state index contributed by atoms with van der Waals surface area (Å²) < 4.78 is 5.81. The predicted octanol–water partition coefficient (Wildman–Crippen LogP) is 3.20. The molecule has 2 N–H and O–H groups in total. The van der Waals surface area contributed by atoms with Crippen LogP contribution in [0.4, 0.5) is 5.69 Å². The summed E-state index contributed by atoms with van der Waals surface area (Å²) in [6.45, 7) is 2.02. The van der Waals surface area contributed by atoms with Gasteiger partial charge in [-0.15, -0.1) is 20.4 Å². The van der Waals surface area contributed by atoms with Crippen molar-refractivity contribution in [2.24, 2.45) is 0 Å². The van der Waals surface area contributed by atoms with Gasteiger partial charge in [0.25, 0.3) is 0 Å². The van der Waals surface area contributed by atoms with E-state index >= 15 is 0 Å². The number of H-pyrrole nitrogens is 1. The molecule has 0 bridgehead atoms. The Bertz CT molecular complexity index is 1150. The monoisotopic (exact) mass is 370 g/mol. The van der Waals surface area contributed by atoms with Crippen molar-refractivity contribution in [2.45, 2.75) is 6.92 Å². The third-order valence-electron chi connectivity index (χ3n) is 3.92. The van der Waals surface area contributed by atoms with E-state index in [1.165, 1.54) is 6.20 Å². The van der Waals surface area contributed by atoms with Crippen LogP contribution in [0.2, 0.25) is 0 Å². The lowest BCUT2D eigenvalue weighted by atomic mass is 10.1. The van der Waals surface area contributed by atoms with Crippen LogP contribution in [0.15, 0.2) is 59.1 Å². The fourth-order valence-corrected chi connectivity index (χ4v) is 2.47. The summed E-state index contributed by atoms with van der Waals surface area (Å²) in [6.07, 6.45) is 1.51. The van der Waals surface area contributed by atoms with Gasteiger partial charge in [-0.1, -0.05) is 23.8 Å². The molecule has 0 spiro atoms. The van der Waals surface area contributed by atoms with Gasteiger partial charge in [0, 0.05) is 23.0 Å². The molecule has 0 aliphatic heterocycles. The van der Waals surface area contributed by atoms with E-state index < -0.39 is 0 Å². The molecule has 0 radical (unpaired) electrons. The molecule has 28 heavy (non-hydrogen) atoms. The first-order chi connectivity index (χ1) is 13.7. The second-order valence-electron chi connectivity index (χ2n) is 5.91. The van der Waals surface area contributed by atoms with Crippen molar-refractivity contribution in [1.82, 2.24) is 30.8 Å². The van der Waals surface area contributed by atoms with Crippen LogP contribution in [0.25, 0.3) is 28.5 Å². The largest absolute Gasteiger partial charge is 0.416 e. The molecule has 0 saturated heterocycles.